The van der Waals surface area contributed by atoms with Crippen molar-refractivity contribution >= 4 is 39.0 Å². The lowest BCUT2D eigenvalue weighted by atomic mass is 9.83. The summed E-state index contributed by atoms with van der Waals surface area (Å²) in [4.78, 5) is 19.6. The number of fused-ring (bicyclic) bond motifs is 3. The Hall–Kier alpha value is -3.22. The Kier molecular flexibility index (Phi) is 5.35. The summed E-state index contributed by atoms with van der Waals surface area (Å²) in [5, 5.41) is 0. The van der Waals surface area contributed by atoms with Crippen LogP contribution in [0.1, 0.15) is 34.7 Å². The Bertz CT molecular complexity index is 1630. The van der Waals surface area contributed by atoms with E-state index in [4.69, 9.17) is 9.73 Å². The van der Waals surface area contributed by atoms with Gasteiger partial charge in [0.2, 0.25) is 0 Å². The third kappa shape index (κ3) is 3.49. The highest BCUT2D eigenvalue weighted by atomic mass is 79.9. The van der Waals surface area contributed by atoms with E-state index < -0.39 is 0 Å². The molecule has 0 radical (unpaired) electrons. The lowest BCUT2D eigenvalue weighted by Gasteiger charge is -2.30. The van der Waals surface area contributed by atoms with Gasteiger partial charge in [0.05, 0.1) is 23.4 Å². The number of hydrogen-bond acceptors (Lipinski definition) is 4. The average Bonchev–Trinajstić information content (AvgIpc) is 3.18. The van der Waals surface area contributed by atoms with E-state index in [0.29, 0.717) is 4.53 Å². The lowest BCUT2D eigenvalue weighted by molar-refractivity contribution is 0.413. The summed E-state index contributed by atoms with van der Waals surface area (Å²) in [5.41, 5.74) is 6.66. The average molecular weight is 529 g/mol. The number of thiazole rings is 1. The van der Waals surface area contributed by atoms with E-state index in [2.05, 4.69) is 52.3 Å². The molecule has 2 aliphatic rings. The first-order valence-corrected chi connectivity index (χ1v) is 12.8. The minimum Gasteiger partial charge on any atom is -0.496 e. The highest BCUT2D eigenvalue weighted by Gasteiger charge is 2.32. The molecule has 4 nitrogen and oxygen atoms in total. The van der Waals surface area contributed by atoms with Crippen LogP contribution in [0, 0.1) is 0 Å². The molecule has 6 rings (SSSR count). The maximum atomic E-state index is 13.8. The number of halogens is 1. The Morgan fingerprint density at radius 3 is 2.68 bits per heavy atom. The zero-order valence-electron chi connectivity index (χ0n) is 18.5. The van der Waals surface area contributed by atoms with E-state index in [1.54, 1.807) is 7.11 Å². The van der Waals surface area contributed by atoms with E-state index >= 15 is 0 Å². The van der Waals surface area contributed by atoms with Gasteiger partial charge in [-0.1, -0.05) is 81.9 Å². The molecule has 0 spiro atoms. The molecule has 1 aliphatic carbocycles. The van der Waals surface area contributed by atoms with Crippen LogP contribution in [0.5, 0.6) is 5.75 Å². The van der Waals surface area contributed by atoms with Crippen molar-refractivity contribution in [2.45, 2.75) is 18.9 Å². The number of allylic oxidation sites excluding steroid dienone is 1. The fourth-order valence-electron chi connectivity index (χ4n) is 4.92. The smallest absolute Gasteiger partial charge is 0.271 e. The van der Waals surface area contributed by atoms with Crippen molar-refractivity contribution in [3.05, 3.63) is 125 Å². The molecule has 34 heavy (non-hydrogen) atoms. The van der Waals surface area contributed by atoms with Crippen LogP contribution in [-0.4, -0.2) is 11.7 Å². The van der Waals surface area contributed by atoms with Gasteiger partial charge in [-0.3, -0.25) is 9.36 Å². The molecule has 0 saturated carbocycles. The second-order valence-electron chi connectivity index (χ2n) is 8.41. The van der Waals surface area contributed by atoms with Gasteiger partial charge in [0.25, 0.3) is 5.56 Å². The van der Waals surface area contributed by atoms with Crippen LogP contribution < -0.4 is 19.6 Å². The number of aryl methyl sites for hydroxylation is 1. The van der Waals surface area contributed by atoms with Crippen LogP contribution in [0.25, 0.3) is 11.8 Å². The topological polar surface area (TPSA) is 43.6 Å². The van der Waals surface area contributed by atoms with Crippen molar-refractivity contribution in [1.82, 2.24) is 4.57 Å². The Morgan fingerprint density at radius 1 is 1.06 bits per heavy atom. The molecule has 4 aromatic rings. The van der Waals surface area contributed by atoms with Gasteiger partial charge in [0.1, 0.15) is 5.75 Å². The molecule has 1 atom stereocenters. The minimum atomic E-state index is -0.160. The van der Waals surface area contributed by atoms with Crippen molar-refractivity contribution < 1.29 is 4.74 Å². The van der Waals surface area contributed by atoms with Gasteiger partial charge in [0.15, 0.2) is 4.80 Å². The van der Waals surface area contributed by atoms with Gasteiger partial charge in [0, 0.05) is 15.6 Å². The summed E-state index contributed by atoms with van der Waals surface area (Å²) < 4.78 is 8.99. The van der Waals surface area contributed by atoms with E-state index in [1.807, 2.05) is 47.0 Å². The molecule has 0 unspecified atom stereocenters. The molecule has 0 bridgehead atoms. The SMILES string of the molecule is COc1ccc(Br)cc1/C=c1/sc2n(c1=O)[C@H](c1ccccc1)C1=C(N=2)c2ccccc2CC1. The van der Waals surface area contributed by atoms with Crippen molar-refractivity contribution in [3.8, 4) is 5.75 Å². The molecule has 2 heterocycles. The molecule has 168 valence electrons. The highest BCUT2D eigenvalue weighted by molar-refractivity contribution is 9.10. The number of nitrogens with zero attached hydrogens (tertiary/aromatic N) is 2. The summed E-state index contributed by atoms with van der Waals surface area (Å²) in [7, 11) is 1.64. The van der Waals surface area contributed by atoms with Gasteiger partial charge >= 0.3 is 0 Å². The molecule has 0 N–H and O–H groups in total. The second-order valence-corrected chi connectivity index (χ2v) is 10.3. The Balaban J connectivity index is 1.63. The van der Waals surface area contributed by atoms with Crippen LogP contribution in [0.15, 0.2) is 92.6 Å². The van der Waals surface area contributed by atoms with Crippen LogP contribution >= 0.6 is 27.3 Å². The summed E-state index contributed by atoms with van der Waals surface area (Å²) in [6.45, 7) is 0. The number of methoxy groups -OCH3 is 1. The Morgan fingerprint density at radius 2 is 1.85 bits per heavy atom. The molecule has 1 aromatic heterocycles. The van der Waals surface area contributed by atoms with Crippen molar-refractivity contribution in [1.29, 1.82) is 0 Å². The minimum absolute atomic E-state index is 0.0231. The predicted octanol–water partition coefficient (Wildman–Crippen LogP) is 5.09. The third-order valence-electron chi connectivity index (χ3n) is 6.47. The fourth-order valence-corrected chi connectivity index (χ4v) is 6.29. The zero-order chi connectivity index (χ0) is 23.2. The van der Waals surface area contributed by atoms with Gasteiger partial charge in [-0.15, -0.1) is 0 Å². The van der Waals surface area contributed by atoms with E-state index in [1.165, 1.54) is 28.0 Å². The van der Waals surface area contributed by atoms with E-state index in [0.717, 1.165) is 44.7 Å². The first-order chi connectivity index (χ1) is 16.6. The largest absolute Gasteiger partial charge is 0.496 e. The molecule has 0 fully saturated rings. The third-order valence-corrected chi connectivity index (χ3v) is 7.94. The fraction of sp³-hybridized carbons (Fsp3) is 0.143. The van der Waals surface area contributed by atoms with Crippen LogP contribution in [-0.2, 0) is 6.42 Å². The molecular formula is C28H21BrN2O2S. The zero-order valence-corrected chi connectivity index (χ0v) is 20.9. The van der Waals surface area contributed by atoms with Crippen LogP contribution in [0.2, 0.25) is 0 Å². The number of hydrogen-bond donors (Lipinski definition) is 0. The monoisotopic (exact) mass is 528 g/mol. The summed E-state index contributed by atoms with van der Waals surface area (Å²) in [5.74, 6) is 0.724. The number of benzene rings is 3. The number of rotatable bonds is 3. The summed E-state index contributed by atoms with van der Waals surface area (Å²) in [6.07, 6.45) is 3.75. The normalized spacial score (nSPS) is 17.0. The van der Waals surface area contributed by atoms with Gasteiger partial charge < -0.3 is 4.74 Å². The van der Waals surface area contributed by atoms with Crippen molar-refractivity contribution in [3.63, 3.8) is 0 Å². The first-order valence-electron chi connectivity index (χ1n) is 11.2. The summed E-state index contributed by atoms with van der Waals surface area (Å²) >= 11 is 4.96. The molecule has 1 aliphatic heterocycles. The standard InChI is InChI=1S/C28H21BrN2O2S/c1-33-23-14-12-20(29)15-19(23)16-24-27(32)31-26(18-8-3-2-4-9-18)22-13-11-17-7-5-6-10-21(17)25(22)30-28(31)34-24/h2-10,12,14-16,26H,11,13H2,1H3/b24-16+/t26-/m1/s1. The highest BCUT2D eigenvalue weighted by Crippen LogP contribution is 2.41. The van der Waals surface area contributed by atoms with Crippen LogP contribution in [0.4, 0.5) is 0 Å². The summed E-state index contributed by atoms with van der Waals surface area (Å²) in [6, 6.07) is 24.4. The van der Waals surface area contributed by atoms with E-state index in [9.17, 15) is 4.79 Å². The first kappa shape index (κ1) is 21.3. The molecule has 0 amide bonds. The van der Waals surface area contributed by atoms with E-state index in [-0.39, 0.29) is 11.6 Å². The maximum absolute atomic E-state index is 13.8. The Labute approximate surface area is 209 Å². The van der Waals surface area contributed by atoms with Crippen LogP contribution in [0.3, 0.4) is 0 Å². The van der Waals surface area contributed by atoms with Gasteiger partial charge in [-0.2, -0.15) is 0 Å². The molecule has 0 saturated heterocycles. The molecular weight excluding hydrogens is 508 g/mol. The molecule has 6 heteroatoms. The number of ether oxygens (including phenoxy) is 1. The predicted molar refractivity (Wildman–Crippen MR) is 140 cm³/mol. The maximum Gasteiger partial charge on any atom is 0.271 e. The van der Waals surface area contributed by atoms with Crippen molar-refractivity contribution in [2.75, 3.05) is 7.11 Å². The molecule has 3 aromatic carbocycles. The van der Waals surface area contributed by atoms with Gasteiger partial charge in [-0.25, -0.2) is 4.99 Å². The second kappa shape index (κ2) is 8.53. The number of aromatic nitrogens is 1. The van der Waals surface area contributed by atoms with Gasteiger partial charge in [-0.05, 0) is 53.8 Å². The lowest BCUT2D eigenvalue weighted by Crippen LogP contribution is -2.38. The van der Waals surface area contributed by atoms with Crippen molar-refractivity contribution in [2.24, 2.45) is 4.99 Å². The quantitative estimate of drug-likeness (QED) is 0.371.